The van der Waals surface area contributed by atoms with E-state index >= 15 is 0 Å². The number of rotatable bonds is 5. The van der Waals surface area contributed by atoms with Gasteiger partial charge in [0.25, 0.3) is 0 Å². The lowest BCUT2D eigenvalue weighted by atomic mass is 9.67. The topological polar surface area (TPSA) is 49.8 Å². The van der Waals surface area contributed by atoms with E-state index in [1.54, 1.807) is 6.33 Å². The van der Waals surface area contributed by atoms with Gasteiger partial charge in [-0.25, -0.2) is 9.97 Å². The summed E-state index contributed by atoms with van der Waals surface area (Å²) in [7, 11) is 1.87. The van der Waals surface area contributed by atoms with E-state index in [0.717, 1.165) is 18.2 Å². The van der Waals surface area contributed by atoms with Crippen molar-refractivity contribution in [2.75, 3.05) is 24.2 Å². The highest BCUT2D eigenvalue weighted by Crippen LogP contribution is 2.43. The number of aromatic nitrogens is 2. The zero-order chi connectivity index (χ0) is 11.4. The summed E-state index contributed by atoms with van der Waals surface area (Å²) in [5.74, 6) is 1.77. The van der Waals surface area contributed by atoms with E-state index in [-0.39, 0.29) is 0 Å². The first-order valence-electron chi connectivity index (χ1n) is 6.02. The van der Waals surface area contributed by atoms with Crippen molar-refractivity contribution in [1.82, 2.24) is 9.97 Å². The maximum atomic E-state index is 4.22. The molecule has 4 heteroatoms. The summed E-state index contributed by atoms with van der Waals surface area (Å²) in [6, 6.07) is 1.95. The first-order chi connectivity index (χ1) is 7.78. The molecule has 0 aromatic carbocycles. The minimum absolute atomic E-state index is 0.519. The van der Waals surface area contributed by atoms with Crippen molar-refractivity contribution in [3.63, 3.8) is 0 Å². The van der Waals surface area contributed by atoms with E-state index < -0.39 is 0 Å². The Labute approximate surface area is 96.9 Å². The van der Waals surface area contributed by atoms with Crippen LogP contribution in [0.4, 0.5) is 11.6 Å². The fourth-order valence-electron chi connectivity index (χ4n) is 2.20. The molecule has 4 nitrogen and oxygen atoms in total. The standard InChI is InChI=1S/C12H20N4/c1-3-12(5-4-6-12)8-14-11-7-10(13-2)15-9-16-11/h7,9H,3-6,8H2,1-2H3,(H2,13,14,15,16). The van der Waals surface area contributed by atoms with Crippen molar-refractivity contribution in [2.45, 2.75) is 32.6 Å². The lowest BCUT2D eigenvalue weighted by Crippen LogP contribution is -2.36. The van der Waals surface area contributed by atoms with Gasteiger partial charge in [0.1, 0.15) is 18.0 Å². The fourth-order valence-corrected chi connectivity index (χ4v) is 2.20. The quantitative estimate of drug-likeness (QED) is 0.800. The molecule has 1 aromatic heterocycles. The van der Waals surface area contributed by atoms with E-state index in [1.165, 1.54) is 25.7 Å². The van der Waals surface area contributed by atoms with E-state index in [0.29, 0.717) is 5.41 Å². The summed E-state index contributed by atoms with van der Waals surface area (Å²) in [6.07, 6.45) is 6.92. The van der Waals surface area contributed by atoms with Gasteiger partial charge in [-0.15, -0.1) is 0 Å². The van der Waals surface area contributed by atoms with Crippen LogP contribution in [0, 0.1) is 5.41 Å². The fraction of sp³-hybridized carbons (Fsp3) is 0.667. The van der Waals surface area contributed by atoms with E-state index in [1.807, 2.05) is 13.1 Å². The predicted octanol–water partition coefficient (Wildman–Crippen LogP) is 2.51. The molecule has 1 aliphatic carbocycles. The third-order valence-electron chi connectivity index (χ3n) is 3.73. The molecule has 1 saturated carbocycles. The SMILES string of the molecule is CCC1(CNc2cc(NC)ncn2)CCC1. The molecule has 0 bridgehead atoms. The van der Waals surface area contributed by atoms with Crippen LogP contribution in [0.15, 0.2) is 12.4 Å². The number of hydrogen-bond donors (Lipinski definition) is 2. The average molecular weight is 220 g/mol. The molecule has 2 rings (SSSR count). The van der Waals surface area contributed by atoms with Crippen molar-refractivity contribution in [3.05, 3.63) is 12.4 Å². The molecule has 1 aromatic rings. The van der Waals surface area contributed by atoms with Gasteiger partial charge in [-0.2, -0.15) is 0 Å². The predicted molar refractivity (Wildman–Crippen MR) is 66.6 cm³/mol. The lowest BCUT2D eigenvalue weighted by molar-refractivity contribution is 0.145. The summed E-state index contributed by atoms with van der Waals surface area (Å²) in [5, 5.41) is 6.44. The second-order valence-electron chi connectivity index (χ2n) is 4.60. The monoisotopic (exact) mass is 220 g/mol. The Bertz CT molecular complexity index is 341. The van der Waals surface area contributed by atoms with Crippen LogP contribution in [0.5, 0.6) is 0 Å². The second kappa shape index (κ2) is 4.68. The maximum Gasteiger partial charge on any atom is 0.131 e. The molecule has 2 N–H and O–H groups in total. The van der Waals surface area contributed by atoms with Gasteiger partial charge in [-0.1, -0.05) is 13.3 Å². The maximum absolute atomic E-state index is 4.22. The number of nitrogens with zero attached hydrogens (tertiary/aromatic N) is 2. The molecule has 0 unspecified atom stereocenters. The zero-order valence-electron chi connectivity index (χ0n) is 10.1. The largest absolute Gasteiger partial charge is 0.373 e. The molecule has 1 fully saturated rings. The highest BCUT2D eigenvalue weighted by Gasteiger charge is 2.34. The van der Waals surface area contributed by atoms with E-state index in [2.05, 4.69) is 27.5 Å². The molecule has 0 saturated heterocycles. The summed E-state index contributed by atoms with van der Waals surface area (Å²) in [4.78, 5) is 8.32. The summed E-state index contributed by atoms with van der Waals surface area (Å²) < 4.78 is 0. The smallest absolute Gasteiger partial charge is 0.131 e. The molecule has 1 aliphatic rings. The van der Waals surface area contributed by atoms with Crippen LogP contribution in [-0.4, -0.2) is 23.6 Å². The van der Waals surface area contributed by atoms with Crippen molar-refractivity contribution < 1.29 is 0 Å². The summed E-state index contributed by atoms with van der Waals surface area (Å²) in [5.41, 5.74) is 0.519. The molecular formula is C12H20N4. The van der Waals surface area contributed by atoms with Gasteiger partial charge in [0, 0.05) is 19.7 Å². The average Bonchev–Trinajstić information content (AvgIpc) is 2.29. The number of hydrogen-bond acceptors (Lipinski definition) is 4. The first kappa shape index (κ1) is 11.2. The van der Waals surface area contributed by atoms with Crippen LogP contribution in [0.1, 0.15) is 32.6 Å². The normalized spacial score (nSPS) is 17.6. The Morgan fingerprint density at radius 3 is 2.62 bits per heavy atom. The summed E-state index contributed by atoms with van der Waals surface area (Å²) >= 11 is 0. The van der Waals surface area contributed by atoms with Gasteiger partial charge >= 0.3 is 0 Å². The minimum Gasteiger partial charge on any atom is -0.373 e. The van der Waals surface area contributed by atoms with Crippen LogP contribution < -0.4 is 10.6 Å². The first-order valence-corrected chi connectivity index (χ1v) is 6.02. The van der Waals surface area contributed by atoms with Gasteiger partial charge in [-0.05, 0) is 24.7 Å². The molecule has 16 heavy (non-hydrogen) atoms. The highest BCUT2D eigenvalue weighted by atomic mass is 15.1. The Balaban J connectivity index is 1.93. The summed E-state index contributed by atoms with van der Waals surface area (Å²) in [6.45, 7) is 3.31. The Morgan fingerprint density at radius 2 is 2.06 bits per heavy atom. The van der Waals surface area contributed by atoms with Crippen LogP contribution in [0.25, 0.3) is 0 Å². The molecule has 0 aliphatic heterocycles. The van der Waals surface area contributed by atoms with Gasteiger partial charge in [0.05, 0.1) is 0 Å². The van der Waals surface area contributed by atoms with Gasteiger partial charge in [0.2, 0.25) is 0 Å². The van der Waals surface area contributed by atoms with Crippen molar-refractivity contribution in [1.29, 1.82) is 0 Å². The molecule has 88 valence electrons. The van der Waals surface area contributed by atoms with Crippen LogP contribution in [-0.2, 0) is 0 Å². The Morgan fingerprint density at radius 1 is 1.31 bits per heavy atom. The van der Waals surface area contributed by atoms with Crippen LogP contribution >= 0.6 is 0 Å². The van der Waals surface area contributed by atoms with Crippen molar-refractivity contribution in [2.24, 2.45) is 5.41 Å². The molecule has 1 heterocycles. The second-order valence-corrected chi connectivity index (χ2v) is 4.60. The molecule has 0 atom stereocenters. The van der Waals surface area contributed by atoms with Crippen molar-refractivity contribution in [3.8, 4) is 0 Å². The number of nitrogens with one attached hydrogen (secondary N) is 2. The van der Waals surface area contributed by atoms with Crippen LogP contribution in [0.2, 0.25) is 0 Å². The Kier molecular flexibility index (Phi) is 3.27. The van der Waals surface area contributed by atoms with Gasteiger partial charge < -0.3 is 10.6 Å². The lowest BCUT2D eigenvalue weighted by Gasteiger charge is -2.41. The van der Waals surface area contributed by atoms with Gasteiger partial charge in [0.15, 0.2) is 0 Å². The zero-order valence-corrected chi connectivity index (χ0v) is 10.1. The van der Waals surface area contributed by atoms with Gasteiger partial charge in [-0.3, -0.25) is 0 Å². The third kappa shape index (κ3) is 2.26. The minimum atomic E-state index is 0.519. The number of anilines is 2. The molecule has 0 amide bonds. The highest BCUT2D eigenvalue weighted by molar-refractivity contribution is 5.46. The third-order valence-corrected chi connectivity index (χ3v) is 3.73. The van der Waals surface area contributed by atoms with E-state index in [9.17, 15) is 0 Å². The molecule has 0 radical (unpaired) electrons. The van der Waals surface area contributed by atoms with E-state index in [4.69, 9.17) is 0 Å². The molecular weight excluding hydrogens is 200 g/mol. The molecule has 0 spiro atoms. The Hall–Kier alpha value is -1.32. The van der Waals surface area contributed by atoms with Crippen LogP contribution in [0.3, 0.4) is 0 Å². The van der Waals surface area contributed by atoms with Crippen molar-refractivity contribution >= 4 is 11.6 Å².